The van der Waals surface area contributed by atoms with Gasteiger partial charge in [-0.2, -0.15) is 5.26 Å². The van der Waals surface area contributed by atoms with Crippen LogP contribution in [0.25, 0.3) is 11.3 Å². The van der Waals surface area contributed by atoms with Crippen molar-refractivity contribution in [3.8, 4) is 17.3 Å². The van der Waals surface area contributed by atoms with E-state index in [2.05, 4.69) is 44.5 Å². The van der Waals surface area contributed by atoms with Gasteiger partial charge in [0.1, 0.15) is 17.5 Å². The third-order valence-corrected chi connectivity index (χ3v) is 5.63. The lowest BCUT2D eigenvalue weighted by atomic mass is 10.1. The number of hydrogen-bond acceptors (Lipinski definition) is 7. The van der Waals surface area contributed by atoms with E-state index in [9.17, 15) is 0 Å². The fraction of sp³-hybridized carbons (Fsp3) is 0.304. The molecular weight excluding hydrogens is 374 g/mol. The SMILES string of the molecule is N#Cc1ccnc(Nc2cc(C3CC3)cc(-c3ccc(N4CCC(N)C4)nc3)n2)c1. The van der Waals surface area contributed by atoms with Gasteiger partial charge < -0.3 is 16.0 Å². The van der Waals surface area contributed by atoms with Crippen LogP contribution >= 0.6 is 0 Å². The Morgan fingerprint density at radius 3 is 2.67 bits per heavy atom. The summed E-state index contributed by atoms with van der Waals surface area (Å²) in [5, 5.41) is 12.4. The van der Waals surface area contributed by atoms with Crippen molar-refractivity contribution in [2.75, 3.05) is 23.3 Å². The number of nitriles is 1. The molecule has 2 aliphatic rings. The summed E-state index contributed by atoms with van der Waals surface area (Å²) in [5.74, 6) is 2.89. The topological polar surface area (TPSA) is 104 Å². The first-order valence-corrected chi connectivity index (χ1v) is 10.3. The lowest BCUT2D eigenvalue weighted by molar-refractivity contribution is 0.751. The standard InChI is InChI=1S/C23H23N7/c24-12-15-5-7-26-21(9-15)29-22-11-18(16-1-2-16)10-20(28-22)17-3-4-23(27-13-17)30-8-6-19(25)14-30/h3-5,7,9-11,13,16,19H,1-2,6,8,14,25H2,(H,26,28,29). The fourth-order valence-electron chi connectivity index (χ4n) is 3.84. The summed E-state index contributed by atoms with van der Waals surface area (Å²) >= 11 is 0. The molecule has 3 aromatic rings. The summed E-state index contributed by atoms with van der Waals surface area (Å²) in [7, 11) is 0. The molecule has 0 aromatic carbocycles. The molecule has 1 saturated carbocycles. The molecule has 2 fully saturated rings. The van der Waals surface area contributed by atoms with Gasteiger partial charge in [-0.15, -0.1) is 0 Å². The number of hydrogen-bond donors (Lipinski definition) is 2. The summed E-state index contributed by atoms with van der Waals surface area (Å²) in [5.41, 5.74) is 9.72. The molecule has 1 unspecified atom stereocenters. The quantitative estimate of drug-likeness (QED) is 0.678. The highest BCUT2D eigenvalue weighted by atomic mass is 15.2. The molecule has 5 rings (SSSR count). The molecular formula is C23H23N7. The van der Waals surface area contributed by atoms with E-state index in [1.807, 2.05) is 12.3 Å². The zero-order chi connectivity index (χ0) is 20.5. The first-order valence-electron chi connectivity index (χ1n) is 10.3. The number of nitrogens with zero attached hydrogens (tertiary/aromatic N) is 5. The van der Waals surface area contributed by atoms with Gasteiger partial charge in [0.15, 0.2) is 0 Å². The highest BCUT2D eigenvalue weighted by Gasteiger charge is 2.25. The minimum absolute atomic E-state index is 0.227. The Morgan fingerprint density at radius 1 is 1.07 bits per heavy atom. The Labute approximate surface area is 175 Å². The van der Waals surface area contributed by atoms with Crippen molar-refractivity contribution in [2.24, 2.45) is 5.73 Å². The normalized spacial score (nSPS) is 18.3. The summed E-state index contributed by atoms with van der Waals surface area (Å²) in [6.45, 7) is 1.80. The van der Waals surface area contributed by atoms with E-state index in [0.29, 0.717) is 17.3 Å². The van der Waals surface area contributed by atoms with Crippen molar-refractivity contribution in [3.05, 3.63) is 59.9 Å². The van der Waals surface area contributed by atoms with Gasteiger partial charge in [-0.25, -0.2) is 15.0 Å². The molecule has 1 aliphatic heterocycles. The summed E-state index contributed by atoms with van der Waals surface area (Å²) < 4.78 is 0. The zero-order valence-electron chi connectivity index (χ0n) is 16.6. The Morgan fingerprint density at radius 2 is 1.97 bits per heavy atom. The van der Waals surface area contributed by atoms with E-state index in [-0.39, 0.29) is 6.04 Å². The molecule has 7 nitrogen and oxygen atoms in total. The number of aromatic nitrogens is 3. The van der Waals surface area contributed by atoms with Crippen LogP contribution in [0.1, 0.15) is 36.3 Å². The fourth-order valence-corrected chi connectivity index (χ4v) is 3.84. The van der Waals surface area contributed by atoms with Crippen molar-refractivity contribution in [3.63, 3.8) is 0 Å². The summed E-state index contributed by atoms with van der Waals surface area (Å²) in [4.78, 5) is 16.0. The maximum absolute atomic E-state index is 9.12. The maximum Gasteiger partial charge on any atom is 0.132 e. The maximum atomic E-state index is 9.12. The lowest BCUT2D eigenvalue weighted by Gasteiger charge is -2.17. The van der Waals surface area contributed by atoms with Crippen LogP contribution in [0.2, 0.25) is 0 Å². The molecule has 0 spiro atoms. The molecule has 30 heavy (non-hydrogen) atoms. The molecule has 7 heteroatoms. The van der Waals surface area contributed by atoms with Crippen LogP contribution < -0.4 is 16.0 Å². The van der Waals surface area contributed by atoms with Gasteiger partial charge >= 0.3 is 0 Å². The minimum atomic E-state index is 0.227. The Balaban J connectivity index is 1.43. The second-order valence-corrected chi connectivity index (χ2v) is 8.01. The molecule has 1 saturated heterocycles. The molecule has 150 valence electrons. The number of nitrogens with two attached hydrogens (primary N) is 1. The molecule has 0 bridgehead atoms. The van der Waals surface area contributed by atoms with Crippen molar-refractivity contribution >= 4 is 17.5 Å². The van der Waals surface area contributed by atoms with Crippen LogP contribution in [-0.4, -0.2) is 34.1 Å². The van der Waals surface area contributed by atoms with E-state index >= 15 is 0 Å². The molecule has 4 heterocycles. The molecule has 3 aromatic heterocycles. The monoisotopic (exact) mass is 397 g/mol. The largest absolute Gasteiger partial charge is 0.355 e. The van der Waals surface area contributed by atoms with Gasteiger partial charge in [0.25, 0.3) is 0 Å². The second kappa shape index (κ2) is 7.73. The molecule has 0 radical (unpaired) electrons. The third-order valence-electron chi connectivity index (χ3n) is 5.63. The zero-order valence-corrected chi connectivity index (χ0v) is 16.6. The number of rotatable bonds is 5. The van der Waals surface area contributed by atoms with Crippen LogP contribution in [0.5, 0.6) is 0 Å². The van der Waals surface area contributed by atoms with Crippen LogP contribution in [0.4, 0.5) is 17.5 Å². The van der Waals surface area contributed by atoms with Gasteiger partial charge in [0.2, 0.25) is 0 Å². The summed E-state index contributed by atoms with van der Waals surface area (Å²) in [6.07, 6.45) is 6.93. The third kappa shape index (κ3) is 3.95. The van der Waals surface area contributed by atoms with Crippen LogP contribution in [0.15, 0.2) is 48.8 Å². The second-order valence-electron chi connectivity index (χ2n) is 8.01. The number of anilines is 3. The predicted octanol–water partition coefficient (Wildman–Crippen LogP) is 3.57. The minimum Gasteiger partial charge on any atom is -0.355 e. The van der Waals surface area contributed by atoms with E-state index in [1.165, 1.54) is 18.4 Å². The number of pyridine rings is 3. The average Bonchev–Trinajstić information content (AvgIpc) is 3.54. The van der Waals surface area contributed by atoms with Gasteiger partial charge in [-0.3, -0.25) is 0 Å². The van der Waals surface area contributed by atoms with Gasteiger partial charge in [0.05, 0.1) is 17.3 Å². The Hall–Kier alpha value is -3.50. The Bertz CT molecular complexity index is 1100. The van der Waals surface area contributed by atoms with E-state index in [1.54, 1.807) is 18.3 Å². The van der Waals surface area contributed by atoms with Gasteiger partial charge in [-0.1, -0.05) is 0 Å². The van der Waals surface area contributed by atoms with E-state index in [4.69, 9.17) is 16.0 Å². The van der Waals surface area contributed by atoms with Crippen molar-refractivity contribution in [1.82, 2.24) is 15.0 Å². The van der Waals surface area contributed by atoms with E-state index < -0.39 is 0 Å². The molecule has 0 amide bonds. The molecule has 1 atom stereocenters. The average molecular weight is 397 g/mol. The first kappa shape index (κ1) is 18.5. The van der Waals surface area contributed by atoms with Crippen molar-refractivity contribution < 1.29 is 0 Å². The Kier molecular flexibility index (Phi) is 4.77. The van der Waals surface area contributed by atoms with Crippen LogP contribution in [0.3, 0.4) is 0 Å². The molecule has 3 N–H and O–H groups in total. The number of nitrogens with one attached hydrogen (secondary N) is 1. The van der Waals surface area contributed by atoms with Gasteiger partial charge in [-0.05, 0) is 67.1 Å². The van der Waals surface area contributed by atoms with E-state index in [0.717, 1.165) is 42.4 Å². The smallest absolute Gasteiger partial charge is 0.132 e. The van der Waals surface area contributed by atoms with Crippen molar-refractivity contribution in [1.29, 1.82) is 5.26 Å². The van der Waals surface area contributed by atoms with Crippen molar-refractivity contribution in [2.45, 2.75) is 31.2 Å². The summed E-state index contributed by atoms with van der Waals surface area (Å²) in [6, 6.07) is 14.1. The van der Waals surface area contributed by atoms with Crippen LogP contribution in [0, 0.1) is 11.3 Å². The highest BCUT2D eigenvalue weighted by molar-refractivity contribution is 5.66. The van der Waals surface area contributed by atoms with Gasteiger partial charge in [0, 0.05) is 37.1 Å². The molecule has 1 aliphatic carbocycles. The first-order chi connectivity index (χ1) is 14.7. The van der Waals surface area contributed by atoms with Crippen LogP contribution in [-0.2, 0) is 0 Å². The lowest BCUT2D eigenvalue weighted by Crippen LogP contribution is -2.26. The highest BCUT2D eigenvalue weighted by Crippen LogP contribution is 2.42. The predicted molar refractivity (Wildman–Crippen MR) is 116 cm³/mol.